The average Bonchev–Trinajstić information content (AvgIpc) is 3.52. The van der Waals surface area contributed by atoms with Crippen LogP contribution in [0.15, 0.2) is 104 Å². The Morgan fingerprint density at radius 1 is 0.939 bits per heavy atom. The predicted molar refractivity (Wildman–Crippen MR) is 127 cm³/mol. The van der Waals surface area contributed by atoms with Gasteiger partial charge in [-0.25, -0.2) is 0 Å². The molecule has 2 aromatic carbocycles. The number of nitrogens with zero attached hydrogens (tertiary/aromatic N) is 4. The van der Waals surface area contributed by atoms with Gasteiger partial charge >= 0.3 is 0 Å². The number of rotatable bonds is 6. The highest BCUT2D eigenvalue weighted by Gasteiger charge is 2.09. The number of aromatic nitrogens is 4. The van der Waals surface area contributed by atoms with Crippen molar-refractivity contribution in [2.75, 3.05) is 5.32 Å². The van der Waals surface area contributed by atoms with Crippen LogP contribution in [-0.2, 0) is 7.05 Å². The highest BCUT2D eigenvalue weighted by molar-refractivity contribution is 6.04. The normalized spacial score (nSPS) is 10.7. The van der Waals surface area contributed by atoms with Gasteiger partial charge in [0.05, 0.1) is 11.9 Å². The van der Waals surface area contributed by atoms with Crippen molar-refractivity contribution < 1.29 is 9.53 Å². The van der Waals surface area contributed by atoms with E-state index in [1.165, 1.54) is 0 Å². The number of carbonyl (C=O) groups excluding carboxylic acids is 1. The first-order valence-corrected chi connectivity index (χ1v) is 10.4. The zero-order chi connectivity index (χ0) is 22.6. The number of aryl methyl sites for hydroxylation is 1. The lowest BCUT2D eigenvalue weighted by Gasteiger charge is -2.10. The van der Waals surface area contributed by atoms with Crippen molar-refractivity contribution >= 4 is 11.6 Å². The van der Waals surface area contributed by atoms with Crippen LogP contribution in [0.1, 0.15) is 10.4 Å². The summed E-state index contributed by atoms with van der Waals surface area (Å²) in [5.74, 6) is 1.06. The predicted octanol–water partition coefficient (Wildman–Crippen LogP) is 5.32. The minimum atomic E-state index is -0.191. The number of benzene rings is 2. The van der Waals surface area contributed by atoms with Crippen LogP contribution in [0.3, 0.4) is 0 Å². The SMILES string of the molecule is Cn1cc(-c2cc(Oc3cccc(NC(=O)c4cccc(-n5cccc5)c4)c3)ccn2)cn1. The third-order valence-electron chi connectivity index (χ3n) is 5.07. The Morgan fingerprint density at radius 2 is 1.76 bits per heavy atom. The van der Waals surface area contributed by atoms with Gasteiger partial charge in [-0.3, -0.25) is 14.5 Å². The van der Waals surface area contributed by atoms with E-state index in [1.54, 1.807) is 35.3 Å². The number of carbonyl (C=O) groups is 1. The molecule has 33 heavy (non-hydrogen) atoms. The number of amides is 1. The van der Waals surface area contributed by atoms with Gasteiger partial charge in [0.25, 0.3) is 5.91 Å². The van der Waals surface area contributed by atoms with Crippen molar-refractivity contribution in [3.8, 4) is 28.4 Å². The highest BCUT2D eigenvalue weighted by atomic mass is 16.5. The maximum atomic E-state index is 12.8. The Balaban J connectivity index is 1.31. The molecule has 0 aliphatic carbocycles. The molecule has 7 nitrogen and oxygen atoms in total. The van der Waals surface area contributed by atoms with Crippen LogP contribution >= 0.6 is 0 Å². The zero-order valence-electron chi connectivity index (χ0n) is 17.9. The molecule has 3 aromatic heterocycles. The molecule has 0 unspecified atom stereocenters. The number of ether oxygens (including phenoxy) is 1. The van der Waals surface area contributed by atoms with E-state index in [1.807, 2.05) is 84.8 Å². The molecule has 1 amide bonds. The van der Waals surface area contributed by atoms with Gasteiger partial charge in [0.1, 0.15) is 11.5 Å². The first-order chi connectivity index (χ1) is 16.1. The molecule has 0 radical (unpaired) electrons. The standard InChI is InChI=1S/C26H21N5O2/c1-30-18-20(17-28-30)25-16-24(10-11-27-25)33-23-9-5-7-21(15-23)29-26(32)19-6-4-8-22(14-19)31-12-2-3-13-31/h2-18H,1H3,(H,29,32). The maximum absolute atomic E-state index is 12.8. The Bertz CT molecular complexity index is 1410. The third-order valence-corrected chi connectivity index (χ3v) is 5.07. The molecule has 0 spiro atoms. The molecule has 0 saturated carbocycles. The van der Waals surface area contributed by atoms with E-state index in [2.05, 4.69) is 15.4 Å². The van der Waals surface area contributed by atoms with Crippen molar-refractivity contribution in [2.45, 2.75) is 0 Å². The maximum Gasteiger partial charge on any atom is 0.255 e. The van der Waals surface area contributed by atoms with Crippen molar-refractivity contribution in [1.82, 2.24) is 19.3 Å². The summed E-state index contributed by atoms with van der Waals surface area (Å²) in [7, 11) is 1.86. The van der Waals surface area contributed by atoms with E-state index in [0.29, 0.717) is 22.7 Å². The average molecular weight is 435 g/mol. The van der Waals surface area contributed by atoms with Crippen molar-refractivity contribution in [1.29, 1.82) is 0 Å². The fraction of sp³-hybridized carbons (Fsp3) is 0.0385. The molecule has 0 bridgehead atoms. The highest BCUT2D eigenvalue weighted by Crippen LogP contribution is 2.27. The van der Waals surface area contributed by atoms with Crippen LogP contribution in [0.5, 0.6) is 11.5 Å². The zero-order valence-corrected chi connectivity index (χ0v) is 17.9. The van der Waals surface area contributed by atoms with Crippen LogP contribution in [-0.4, -0.2) is 25.2 Å². The van der Waals surface area contributed by atoms with Crippen LogP contribution in [0.2, 0.25) is 0 Å². The lowest BCUT2D eigenvalue weighted by molar-refractivity contribution is 0.102. The van der Waals surface area contributed by atoms with Gasteiger partial charge in [-0.05, 0) is 48.5 Å². The second-order valence-corrected chi connectivity index (χ2v) is 7.50. The summed E-state index contributed by atoms with van der Waals surface area (Å²) in [6.45, 7) is 0. The van der Waals surface area contributed by atoms with Gasteiger partial charge in [-0.15, -0.1) is 0 Å². The van der Waals surface area contributed by atoms with Gasteiger partial charge in [-0.1, -0.05) is 12.1 Å². The van der Waals surface area contributed by atoms with Gasteiger partial charge in [0, 0.05) is 66.5 Å². The quantitative estimate of drug-likeness (QED) is 0.392. The summed E-state index contributed by atoms with van der Waals surface area (Å²) in [5.41, 5.74) is 3.82. The molecule has 0 aliphatic rings. The molecule has 3 heterocycles. The molecule has 1 N–H and O–H groups in total. The Hall–Kier alpha value is -4.65. The first-order valence-electron chi connectivity index (χ1n) is 10.4. The van der Waals surface area contributed by atoms with Crippen LogP contribution < -0.4 is 10.1 Å². The molecule has 7 heteroatoms. The van der Waals surface area contributed by atoms with E-state index in [-0.39, 0.29) is 5.91 Å². The molecular formula is C26H21N5O2. The van der Waals surface area contributed by atoms with E-state index in [9.17, 15) is 4.79 Å². The lowest BCUT2D eigenvalue weighted by Crippen LogP contribution is -2.12. The second kappa shape index (κ2) is 8.84. The third kappa shape index (κ3) is 4.67. The van der Waals surface area contributed by atoms with Crippen molar-refractivity contribution in [3.05, 3.63) is 109 Å². The molecule has 0 saturated heterocycles. The summed E-state index contributed by atoms with van der Waals surface area (Å²) in [6.07, 6.45) is 9.23. The minimum absolute atomic E-state index is 0.191. The number of hydrogen-bond donors (Lipinski definition) is 1. The van der Waals surface area contributed by atoms with E-state index in [4.69, 9.17) is 4.74 Å². The van der Waals surface area contributed by atoms with Gasteiger partial charge in [0.15, 0.2) is 0 Å². The summed E-state index contributed by atoms with van der Waals surface area (Å²) in [5, 5.41) is 7.13. The molecule has 5 rings (SSSR count). The van der Waals surface area contributed by atoms with E-state index in [0.717, 1.165) is 16.9 Å². The lowest BCUT2D eigenvalue weighted by atomic mass is 10.1. The number of hydrogen-bond acceptors (Lipinski definition) is 4. The monoisotopic (exact) mass is 435 g/mol. The minimum Gasteiger partial charge on any atom is -0.457 e. The number of anilines is 1. The van der Waals surface area contributed by atoms with Gasteiger partial charge < -0.3 is 14.6 Å². The summed E-state index contributed by atoms with van der Waals surface area (Å²) >= 11 is 0. The topological polar surface area (TPSA) is 74.0 Å². The van der Waals surface area contributed by atoms with E-state index >= 15 is 0 Å². The fourth-order valence-electron chi connectivity index (χ4n) is 3.48. The number of pyridine rings is 1. The largest absolute Gasteiger partial charge is 0.457 e. The Morgan fingerprint density at radius 3 is 2.58 bits per heavy atom. The second-order valence-electron chi connectivity index (χ2n) is 7.50. The van der Waals surface area contributed by atoms with E-state index < -0.39 is 0 Å². The van der Waals surface area contributed by atoms with Gasteiger partial charge in [0.2, 0.25) is 0 Å². The summed E-state index contributed by atoms with van der Waals surface area (Å²) in [6, 6.07) is 22.3. The molecule has 0 atom stereocenters. The van der Waals surface area contributed by atoms with Crippen molar-refractivity contribution in [2.24, 2.45) is 7.05 Å². The van der Waals surface area contributed by atoms with Gasteiger partial charge in [-0.2, -0.15) is 5.10 Å². The molecular weight excluding hydrogens is 414 g/mol. The Labute approximate surface area is 190 Å². The van der Waals surface area contributed by atoms with Crippen LogP contribution in [0, 0.1) is 0 Å². The smallest absolute Gasteiger partial charge is 0.255 e. The number of nitrogens with one attached hydrogen (secondary N) is 1. The molecule has 0 fully saturated rings. The molecule has 162 valence electrons. The summed E-state index contributed by atoms with van der Waals surface area (Å²) in [4.78, 5) is 17.2. The molecule has 0 aliphatic heterocycles. The van der Waals surface area contributed by atoms with Crippen molar-refractivity contribution in [3.63, 3.8) is 0 Å². The first kappa shape index (κ1) is 20.3. The van der Waals surface area contributed by atoms with Crippen LogP contribution in [0.25, 0.3) is 16.9 Å². The fourth-order valence-corrected chi connectivity index (χ4v) is 3.48. The molecule has 5 aromatic rings. The van der Waals surface area contributed by atoms with Crippen LogP contribution in [0.4, 0.5) is 5.69 Å². The Kier molecular flexibility index (Phi) is 5.43. The summed E-state index contributed by atoms with van der Waals surface area (Å²) < 4.78 is 9.71.